The van der Waals surface area contributed by atoms with E-state index in [1.54, 1.807) is 12.3 Å². The van der Waals surface area contributed by atoms with E-state index in [4.69, 9.17) is 5.73 Å². The Kier molecular flexibility index (Phi) is 3.08. The summed E-state index contributed by atoms with van der Waals surface area (Å²) in [6, 6.07) is 3.97. The molecule has 0 saturated carbocycles. The number of pyridine rings is 1. The minimum atomic E-state index is 0.169. The van der Waals surface area contributed by atoms with E-state index in [1.165, 1.54) is 0 Å². The molecule has 1 aliphatic heterocycles. The van der Waals surface area contributed by atoms with Crippen LogP contribution in [-0.2, 0) is 11.2 Å². The number of carbonyl (C=O) groups is 1. The fourth-order valence-corrected chi connectivity index (χ4v) is 2.10. The predicted octanol–water partition coefficient (Wildman–Crippen LogP) is 1.22. The molecular weight excluding hydrogens is 202 g/mol. The number of nitrogen functional groups attached to an aromatic ring is 1. The fraction of sp³-hybridized carbons (Fsp3) is 0.500. The van der Waals surface area contributed by atoms with Crippen molar-refractivity contribution in [1.29, 1.82) is 0 Å². The smallest absolute Gasteiger partial charge is 0.228 e. The zero-order valence-corrected chi connectivity index (χ0v) is 9.52. The summed E-state index contributed by atoms with van der Waals surface area (Å²) in [6.07, 6.45) is 4.20. The van der Waals surface area contributed by atoms with Crippen LogP contribution in [0.25, 0.3) is 0 Å². The molecule has 2 heterocycles. The summed E-state index contributed by atoms with van der Waals surface area (Å²) >= 11 is 0. The summed E-state index contributed by atoms with van der Waals surface area (Å²) in [6.45, 7) is 2.98. The Balaban J connectivity index is 1.99. The van der Waals surface area contributed by atoms with E-state index in [0.29, 0.717) is 18.2 Å². The molecule has 1 fully saturated rings. The van der Waals surface area contributed by atoms with Crippen LogP contribution in [-0.4, -0.2) is 28.4 Å². The average molecular weight is 219 g/mol. The number of carbonyl (C=O) groups excluding carboxylic acids is 1. The number of rotatable bonds is 2. The lowest BCUT2D eigenvalue weighted by molar-refractivity contribution is -0.131. The van der Waals surface area contributed by atoms with Gasteiger partial charge in [-0.25, -0.2) is 0 Å². The van der Waals surface area contributed by atoms with E-state index < -0.39 is 0 Å². The highest BCUT2D eigenvalue weighted by Gasteiger charge is 2.24. The van der Waals surface area contributed by atoms with Crippen LogP contribution in [0, 0.1) is 0 Å². The maximum atomic E-state index is 12.0. The van der Waals surface area contributed by atoms with Gasteiger partial charge in [-0.15, -0.1) is 0 Å². The monoisotopic (exact) mass is 219 g/mol. The Bertz CT molecular complexity index is 374. The number of amides is 1. The number of anilines is 1. The molecule has 1 aromatic heterocycles. The first-order chi connectivity index (χ1) is 7.66. The summed E-state index contributed by atoms with van der Waals surface area (Å²) in [5, 5.41) is 0. The molecule has 0 bridgehead atoms. The molecule has 16 heavy (non-hydrogen) atoms. The highest BCUT2D eigenvalue weighted by molar-refractivity contribution is 5.79. The number of likely N-dealkylation sites (tertiary alicyclic amines) is 1. The SMILES string of the molecule is CC1CCCN1C(=O)Cc1ccc(N)cn1. The third kappa shape index (κ3) is 2.32. The number of nitrogens with zero attached hydrogens (tertiary/aromatic N) is 2. The molecule has 4 heteroatoms. The van der Waals surface area contributed by atoms with Crippen molar-refractivity contribution in [3.8, 4) is 0 Å². The summed E-state index contributed by atoms with van der Waals surface area (Å²) < 4.78 is 0. The standard InChI is InChI=1S/C12H17N3O/c1-9-3-2-6-15(9)12(16)7-11-5-4-10(13)8-14-11/h4-5,8-9H,2-3,6-7,13H2,1H3. The van der Waals surface area contributed by atoms with Gasteiger partial charge in [0.25, 0.3) is 0 Å². The lowest BCUT2D eigenvalue weighted by Crippen LogP contribution is -2.34. The molecule has 1 amide bonds. The molecule has 0 spiro atoms. The van der Waals surface area contributed by atoms with Crippen LogP contribution in [0.2, 0.25) is 0 Å². The van der Waals surface area contributed by atoms with Crippen LogP contribution >= 0.6 is 0 Å². The zero-order valence-electron chi connectivity index (χ0n) is 9.52. The quantitative estimate of drug-likeness (QED) is 0.813. The van der Waals surface area contributed by atoms with Crippen LogP contribution in [0.3, 0.4) is 0 Å². The van der Waals surface area contributed by atoms with E-state index in [-0.39, 0.29) is 5.91 Å². The van der Waals surface area contributed by atoms with Gasteiger partial charge in [-0.1, -0.05) is 0 Å². The second-order valence-corrected chi connectivity index (χ2v) is 4.34. The Morgan fingerprint density at radius 3 is 3.00 bits per heavy atom. The van der Waals surface area contributed by atoms with Gasteiger partial charge in [-0.3, -0.25) is 9.78 Å². The Hall–Kier alpha value is -1.58. The van der Waals surface area contributed by atoms with Crippen molar-refractivity contribution in [2.75, 3.05) is 12.3 Å². The normalized spacial score (nSPS) is 20.1. The summed E-state index contributed by atoms with van der Waals surface area (Å²) in [4.78, 5) is 18.0. The average Bonchev–Trinajstić information content (AvgIpc) is 2.68. The van der Waals surface area contributed by atoms with Crippen LogP contribution in [0.1, 0.15) is 25.5 Å². The lowest BCUT2D eigenvalue weighted by atomic mass is 10.2. The minimum absolute atomic E-state index is 0.169. The minimum Gasteiger partial charge on any atom is -0.397 e. The van der Waals surface area contributed by atoms with Gasteiger partial charge in [-0.2, -0.15) is 0 Å². The van der Waals surface area contributed by atoms with Gasteiger partial charge >= 0.3 is 0 Å². The van der Waals surface area contributed by atoms with Crippen LogP contribution < -0.4 is 5.73 Å². The number of aromatic nitrogens is 1. The van der Waals surface area contributed by atoms with E-state index in [0.717, 1.165) is 25.1 Å². The predicted molar refractivity (Wildman–Crippen MR) is 62.8 cm³/mol. The zero-order chi connectivity index (χ0) is 11.5. The van der Waals surface area contributed by atoms with Crippen LogP contribution in [0.15, 0.2) is 18.3 Å². The van der Waals surface area contributed by atoms with Crippen molar-refractivity contribution in [3.05, 3.63) is 24.0 Å². The molecule has 4 nitrogen and oxygen atoms in total. The second kappa shape index (κ2) is 4.51. The third-order valence-electron chi connectivity index (χ3n) is 3.05. The molecule has 1 aromatic rings. The first-order valence-corrected chi connectivity index (χ1v) is 5.66. The number of hydrogen-bond acceptors (Lipinski definition) is 3. The first-order valence-electron chi connectivity index (χ1n) is 5.66. The maximum Gasteiger partial charge on any atom is 0.228 e. The van der Waals surface area contributed by atoms with Crippen LogP contribution in [0.5, 0.6) is 0 Å². The van der Waals surface area contributed by atoms with Crippen molar-refractivity contribution >= 4 is 11.6 Å². The molecular formula is C12H17N3O. The molecule has 0 aliphatic carbocycles. The van der Waals surface area contributed by atoms with Crippen molar-refractivity contribution in [3.63, 3.8) is 0 Å². The second-order valence-electron chi connectivity index (χ2n) is 4.34. The molecule has 2 N–H and O–H groups in total. The van der Waals surface area contributed by atoms with Crippen molar-refractivity contribution in [2.45, 2.75) is 32.2 Å². The van der Waals surface area contributed by atoms with E-state index in [9.17, 15) is 4.79 Å². The molecule has 1 saturated heterocycles. The summed E-state index contributed by atoms with van der Waals surface area (Å²) in [7, 11) is 0. The number of hydrogen-bond donors (Lipinski definition) is 1. The maximum absolute atomic E-state index is 12.0. The van der Waals surface area contributed by atoms with Crippen molar-refractivity contribution < 1.29 is 4.79 Å². The summed E-state index contributed by atoms with van der Waals surface area (Å²) in [5.41, 5.74) is 6.96. The molecule has 1 aliphatic rings. The Labute approximate surface area is 95.5 Å². The van der Waals surface area contributed by atoms with Crippen molar-refractivity contribution in [2.24, 2.45) is 0 Å². The fourth-order valence-electron chi connectivity index (χ4n) is 2.10. The summed E-state index contributed by atoms with van der Waals surface area (Å²) in [5.74, 6) is 0.169. The highest BCUT2D eigenvalue weighted by Crippen LogP contribution is 2.17. The van der Waals surface area contributed by atoms with Gasteiger partial charge in [0.1, 0.15) is 0 Å². The largest absolute Gasteiger partial charge is 0.397 e. The van der Waals surface area contributed by atoms with Gasteiger partial charge in [0.15, 0.2) is 0 Å². The van der Waals surface area contributed by atoms with Crippen molar-refractivity contribution in [1.82, 2.24) is 9.88 Å². The van der Waals surface area contributed by atoms with Crippen LogP contribution in [0.4, 0.5) is 5.69 Å². The Morgan fingerprint density at radius 1 is 1.62 bits per heavy atom. The molecule has 1 atom stereocenters. The topological polar surface area (TPSA) is 59.2 Å². The van der Waals surface area contributed by atoms with Gasteiger partial charge in [-0.05, 0) is 31.9 Å². The van der Waals surface area contributed by atoms with E-state index in [1.807, 2.05) is 11.0 Å². The molecule has 0 radical (unpaired) electrons. The molecule has 1 unspecified atom stereocenters. The Morgan fingerprint density at radius 2 is 2.44 bits per heavy atom. The molecule has 2 rings (SSSR count). The molecule has 0 aromatic carbocycles. The van der Waals surface area contributed by atoms with Gasteiger partial charge in [0.2, 0.25) is 5.91 Å². The highest BCUT2D eigenvalue weighted by atomic mass is 16.2. The first kappa shape index (κ1) is 10.9. The lowest BCUT2D eigenvalue weighted by Gasteiger charge is -2.21. The van der Waals surface area contributed by atoms with Gasteiger partial charge in [0.05, 0.1) is 18.3 Å². The molecule has 86 valence electrons. The van der Waals surface area contributed by atoms with Gasteiger partial charge in [0, 0.05) is 18.3 Å². The van der Waals surface area contributed by atoms with Gasteiger partial charge < -0.3 is 10.6 Å². The van der Waals surface area contributed by atoms with E-state index in [2.05, 4.69) is 11.9 Å². The third-order valence-corrected chi connectivity index (χ3v) is 3.05. The number of nitrogens with two attached hydrogens (primary N) is 1. The van der Waals surface area contributed by atoms with E-state index >= 15 is 0 Å².